The van der Waals surface area contributed by atoms with Gasteiger partial charge in [0.15, 0.2) is 0 Å². The van der Waals surface area contributed by atoms with E-state index in [1.165, 1.54) is 12.1 Å². The van der Waals surface area contributed by atoms with Crippen molar-refractivity contribution in [3.63, 3.8) is 0 Å². The van der Waals surface area contributed by atoms with Gasteiger partial charge in [-0.1, -0.05) is 29.8 Å². The monoisotopic (exact) mass is 361 g/mol. The van der Waals surface area contributed by atoms with Crippen LogP contribution in [0.5, 0.6) is 0 Å². The second-order valence-corrected chi connectivity index (χ2v) is 5.86. The SMILES string of the molecule is Cn1ccnc1C(NC(=O)c1ccc(F)cc1Cl)c1ccccc1F. The lowest BCUT2D eigenvalue weighted by molar-refractivity contribution is 0.0941. The molecule has 2 aromatic carbocycles. The average molecular weight is 362 g/mol. The highest BCUT2D eigenvalue weighted by molar-refractivity contribution is 6.33. The Labute approximate surface area is 148 Å². The number of halogens is 3. The van der Waals surface area contributed by atoms with Crippen LogP contribution >= 0.6 is 11.6 Å². The maximum absolute atomic E-state index is 14.3. The van der Waals surface area contributed by atoms with E-state index in [0.717, 1.165) is 12.1 Å². The zero-order valence-electron chi connectivity index (χ0n) is 13.2. The molecule has 0 spiro atoms. The molecule has 1 N–H and O–H groups in total. The van der Waals surface area contributed by atoms with E-state index < -0.39 is 23.6 Å². The number of hydrogen-bond donors (Lipinski definition) is 1. The van der Waals surface area contributed by atoms with Crippen LogP contribution in [0.3, 0.4) is 0 Å². The predicted octanol–water partition coefficient (Wildman–Crippen LogP) is 3.87. The van der Waals surface area contributed by atoms with Gasteiger partial charge in [0.1, 0.15) is 23.5 Å². The molecule has 0 saturated heterocycles. The number of benzene rings is 2. The maximum atomic E-state index is 14.3. The summed E-state index contributed by atoms with van der Waals surface area (Å²) in [6, 6.07) is 8.76. The van der Waals surface area contributed by atoms with Crippen molar-refractivity contribution in [3.05, 3.63) is 88.5 Å². The average Bonchev–Trinajstić information content (AvgIpc) is 2.99. The minimum Gasteiger partial charge on any atom is -0.338 e. The third kappa shape index (κ3) is 3.53. The van der Waals surface area contributed by atoms with Crippen LogP contribution in [0.2, 0.25) is 5.02 Å². The first-order valence-corrected chi connectivity index (χ1v) is 7.82. The van der Waals surface area contributed by atoms with Crippen molar-refractivity contribution in [2.45, 2.75) is 6.04 Å². The van der Waals surface area contributed by atoms with E-state index in [0.29, 0.717) is 5.82 Å². The summed E-state index contributed by atoms with van der Waals surface area (Å²) in [5.41, 5.74) is 0.363. The van der Waals surface area contributed by atoms with Gasteiger partial charge < -0.3 is 9.88 Å². The summed E-state index contributed by atoms with van der Waals surface area (Å²) in [4.78, 5) is 16.8. The zero-order chi connectivity index (χ0) is 18.0. The molecule has 1 unspecified atom stereocenters. The summed E-state index contributed by atoms with van der Waals surface area (Å²) in [5, 5.41) is 2.70. The first-order chi connectivity index (χ1) is 12.0. The Bertz CT molecular complexity index is 926. The van der Waals surface area contributed by atoms with E-state index >= 15 is 0 Å². The van der Waals surface area contributed by atoms with Gasteiger partial charge in [-0.2, -0.15) is 0 Å². The Morgan fingerprint density at radius 3 is 2.64 bits per heavy atom. The minimum atomic E-state index is -0.824. The molecule has 1 amide bonds. The lowest BCUT2D eigenvalue weighted by Crippen LogP contribution is -2.32. The fourth-order valence-electron chi connectivity index (χ4n) is 2.53. The molecule has 1 aromatic heterocycles. The van der Waals surface area contributed by atoms with Gasteiger partial charge in [-0.3, -0.25) is 4.79 Å². The minimum absolute atomic E-state index is 0.0235. The van der Waals surface area contributed by atoms with Crippen LogP contribution < -0.4 is 5.32 Å². The van der Waals surface area contributed by atoms with Gasteiger partial charge in [-0.25, -0.2) is 13.8 Å². The van der Waals surface area contributed by atoms with Crippen LogP contribution in [0.15, 0.2) is 54.9 Å². The van der Waals surface area contributed by atoms with Crippen LogP contribution in [0.1, 0.15) is 27.8 Å². The fourth-order valence-corrected chi connectivity index (χ4v) is 2.78. The molecule has 0 saturated carbocycles. The smallest absolute Gasteiger partial charge is 0.253 e. The molecule has 0 fully saturated rings. The van der Waals surface area contributed by atoms with Crippen molar-refractivity contribution in [3.8, 4) is 0 Å². The summed E-state index contributed by atoms with van der Waals surface area (Å²) in [7, 11) is 1.74. The topological polar surface area (TPSA) is 46.9 Å². The molecule has 7 heteroatoms. The second kappa shape index (κ2) is 7.03. The third-order valence-corrected chi connectivity index (χ3v) is 4.10. The van der Waals surface area contributed by atoms with Crippen LogP contribution in [0.4, 0.5) is 8.78 Å². The normalized spacial score (nSPS) is 12.0. The number of imidazole rings is 1. The number of carbonyl (C=O) groups is 1. The molecular weight excluding hydrogens is 348 g/mol. The summed E-state index contributed by atoms with van der Waals surface area (Å²) < 4.78 is 29.2. The number of aryl methyl sites for hydroxylation is 1. The van der Waals surface area contributed by atoms with Crippen LogP contribution in [-0.4, -0.2) is 15.5 Å². The molecule has 3 aromatic rings. The molecule has 25 heavy (non-hydrogen) atoms. The number of nitrogens with one attached hydrogen (secondary N) is 1. The number of hydrogen-bond acceptors (Lipinski definition) is 2. The molecule has 0 radical (unpaired) electrons. The number of carbonyl (C=O) groups excluding carboxylic acids is 1. The van der Waals surface area contributed by atoms with Crippen molar-refractivity contribution in [2.75, 3.05) is 0 Å². The van der Waals surface area contributed by atoms with Crippen molar-refractivity contribution in [2.24, 2.45) is 7.05 Å². The standard InChI is InChI=1S/C18H14ClF2N3O/c1-24-9-8-22-17(24)16(13-4-2-3-5-15(13)21)23-18(25)12-7-6-11(20)10-14(12)19/h2-10,16H,1H3,(H,23,25). The Morgan fingerprint density at radius 1 is 1.24 bits per heavy atom. The van der Waals surface area contributed by atoms with Crippen molar-refractivity contribution >= 4 is 17.5 Å². The van der Waals surface area contributed by atoms with Gasteiger partial charge in [0, 0.05) is 25.0 Å². The summed E-state index contributed by atoms with van der Waals surface area (Å²) in [6.07, 6.45) is 3.25. The van der Waals surface area contributed by atoms with E-state index in [1.807, 2.05) is 0 Å². The van der Waals surface area contributed by atoms with Gasteiger partial charge in [0.25, 0.3) is 5.91 Å². The molecule has 0 aliphatic carbocycles. The first kappa shape index (κ1) is 17.1. The Hall–Kier alpha value is -2.73. The number of rotatable bonds is 4. The zero-order valence-corrected chi connectivity index (χ0v) is 14.0. The summed E-state index contributed by atoms with van der Waals surface area (Å²) in [6.45, 7) is 0. The van der Waals surface area contributed by atoms with Crippen LogP contribution in [0.25, 0.3) is 0 Å². The lowest BCUT2D eigenvalue weighted by atomic mass is 10.0. The van der Waals surface area contributed by atoms with Gasteiger partial charge in [0.2, 0.25) is 0 Å². The molecule has 0 bridgehead atoms. The Kier molecular flexibility index (Phi) is 4.81. The summed E-state index contributed by atoms with van der Waals surface area (Å²) >= 11 is 5.95. The number of amides is 1. The van der Waals surface area contributed by atoms with Crippen molar-refractivity contribution < 1.29 is 13.6 Å². The van der Waals surface area contributed by atoms with Gasteiger partial charge in [0.05, 0.1) is 10.6 Å². The highest BCUT2D eigenvalue weighted by Crippen LogP contribution is 2.25. The van der Waals surface area contributed by atoms with E-state index in [4.69, 9.17) is 11.6 Å². The Morgan fingerprint density at radius 2 is 2.00 bits per heavy atom. The summed E-state index contributed by atoms with van der Waals surface area (Å²) in [5.74, 6) is -1.12. The molecular formula is C18H14ClF2N3O. The van der Waals surface area contributed by atoms with Gasteiger partial charge >= 0.3 is 0 Å². The molecule has 128 valence electrons. The van der Waals surface area contributed by atoms with E-state index in [-0.39, 0.29) is 16.1 Å². The lowest BCUT2D eigenvalue weighted by Gasteiger charge is -2.20. The molecule has 0 aliphatic rings. The number of nitrogens with zero attached hydrogens (tertiary/aromatic N) is 2. The second-order valence-electron chi connectivity index (χ2n) is 5.45. The van der Waals surface area contributed by atoms with Crippen molar-refractivity contribution in [1.82, 2.24) is 14.9 Å². The van der Waals surface area contributed by atoms with Crippen LogP contribution in [0, 0.1) is 11.6 Å². The number of aromatic nitrogens is 2. The predicted molar refractivity (Wildman–Crippen MR) is 90.3 cm³/mol. The maximum Gasteiger partial charge on any atom is 0.253 e. The van der Waals surface area contributed by atoms with Crippen molar-refractivity contribution in [1.29, 1.82) is 0 Å². The van der Waals surface area contributed by atoms with Gasteiger partial charge in [-0.05, 0) is 24.3 Å². The van der Waals surface area contributed by atoms with Gasteiger partial charge in [-0.15, -0.1) is 0 Å². The largest absolute Gasteiger partial charge is 0.338 e. The van der Waals surface area contributed by atoms with E-state index in [1.54, 1.807) is 42.2 Å². The highest BCUT2D eigenvalue weighted by atomic mass is 35.5. The highest BCUT2D eigenvalue weighted by Gasteiger charge is 2.24. The molecule has 1 heterocycles. The first-order valence-electron chi connectivity index (χ1n) is 7.45. The quantitative estimate of drug-likeness (QED) is 0.766. The van der Waals surface area contributed by atoms with E-state index in [2.05, 4.69) is 10.3 Å². The van der Waals surface area contributed by atoms with Crippen LogP contribution in [-0.2, 0) is 7.05 Å². The Balaban J connectivity index is 2.00. The third-order valence-electron chi connectivity index (χ3n) is 3.78. The molecule has 4 nitrogen and oxygen atoms in total. The fraction of sp³-hybridized carbons (Fsp3) is 0.111. The molecule has 1 atom stereocenters. The molecule has 0 aliphatic heterocycles. The van der Waals surface area contributed by atoms with E-state index in [9.17, 15) is 13.6 Å². The molecule has 3 rings (SSSR count).